The molecule has 6 aromatic rings. The van der Waals surface area contributed by atoms with Crippen LogP contribution >= 0.6 is 0 Å². The van der Waals surface area contributed by atoms with E-state index >= 15 is 0 Å². The summed E-state index contributed by atoms with van der Waals surface area (Å²) in [7, 11) is 0. The van der Waals surface area contributed by atoms with Crippen molar-refractivity contribution in [2.45, 2.75) is 17.8 Å². The Hall–Kier alpha value is -5.48. The fourth-order valence-corrected chi connectivity index (χ4v) is 7.19. The van der Waals surface area contributed by atoms with Gasteiger partial charge in [0.1, 0.15) is 11.5 Å². The van der Waals surface area contributed by atoms with Gasteiger partial charge in [0.15, 0.2) is 0 Å². The van der Waals surface area contributed by atoms with Crippen molar-refractivity contribution in [3.05, 3.63) is 168 Å². The number of nitrogens with zero attached hydrogens (tertiary/aromatic N) is 2. The summed E-state index contributed by atoms with van der Waals surface area (Å²) in [5.41, 5.74) is 9.85. The fraction of sp³-hybridized carbons (Fsp3) is 0.0769. The Morgan fingerprint density at radius 3 is 2.07 bits per heavy atom. The number of rotatable bonds is 3. The SMILES string of the molecule is C1=CCC(c2nnc(-c3cccc(-c4cccc5c4Oc4ccccc4C54c5ccccc5-c5ccccc54)c3)o2)C=C1. The summed E-state index contributed by atoms with van der Waals surface area (Å²) < 4.78 is 13.0. The summed E-state index contributed by atoms with van der Waals surface area (Å²) >= 11 is 0. The maximum atomic E-state index is 6.84. The van der Waals surface area contributed by atoms with Gasteiger partial charge in [-0.1, -0.05) is 121 Å². The average molecular weight is 555 g/mol. The highest BCUT2D eigenvalue weighted by molar-refractivity contribution is 5.90. The van der Waals surface area contributed by atoms with Gasteiger partial charge in [-0.3, -0.25) is 0 Å². The molecular formula is C39H26N2O2. The summed E-state index contributed by atoms with van der Waals surface area (Å²) in [5.74, 6) is 3.01. The van der Waals surface area contributed by atoms with Crippen molar-refractivity contribution in [3.8, 4) is 45.2 Å². The molecule has 1 spiro atoms. The molecule has 3 aliphatic rings. The minimum Gasteiger partial charge on any atom is -0.456 e. The monoisotopic (exact) mass is 554 g/mol. The van der Waals surface area contributed by atoms with E-state index in [0.717, 1.165) is 45.7 Å². The van der Waals surface area contributed by atoms with E-state index in [4.69, 9.17) is 9.15 Å². The third-order valence-corrected chi connectivity index (χ3v) is 9.03. The van der Waals surface area contributed by atoms with Crippen molar-refractivity contribution < 1.29 is 9.15 Å². The number of allylic oxidation sites excluding steroid dienone is 4. The standard InChI is InChI=1S/C39H26N2O2/c1-2-12-25(13-3-1)37-40-41-38(43-37)27-15-10-14-26(24-27)28-18-11-22-34-36(28)42-35-23-9-8-21-33(35)39(34)31-19-6-4-16-29(31)30-17-5-7-20-32(30)39/h1-12,14-25H,13H2. The first-order chi connectivity index (χ1) is 21.3. The first-order valence-corrected chi connectivity index (χ1v) is 14.7. The molecule has 5 aromatic carbocycles. The van der Waals surface area contributed by atoms with E-state index in [-0.39, 0.29) is 5.92 Å². The zero-order valence-electron chi connectivity index (χ0n) is 23.3. The van der Waals surface area contributed by atoms with Crippen molar-refractivity contribution in [1.29, 1.82) is 0 Å². The Morgan fingerprint density at radius 1 is 0.605 bits per heavy atom. The third-order valence-electron chi connectivity index (χ3n) is 9.03. The number of ether oxygens (including phenoxy) is 1. The van der Waals surface area contributed by atoms with Crippen molar-refractivity contribution in [1.82, 2.24) is 10.2 Å². The second-order valence-corrected chi connectivity index (χ2v) is 11.3. The predicted molar refractivity (Wildman–Crippen MR) is 168 cm³/mol. The molecule has 0 saturated heterocycles. The molecule has 0 saturated carbocycles. The number of aromatic nitrogens is 2. The normalized spacial score (nSPS) is 16.7. The molecule has 1 unspecified atom stereocenters. The van der Waals surface area contributed by atoms with E-state index in [1.54, 1.807) is 0 Å². The number of hydrogen-bond acceptors (Lipinski definition) is 4. The first kappa shape index (κ1) is 24.2. The van der Waals surface area contributed by atoms with Gasteiger partial charge in [0, 0.05) is 22.3 Å². The predicted octanol–water partition coefficient (Wildman–Crippen LogP) is 9.47. The van der Waals surface area contributed by atoms with Crippen molar-refractivity contribution in [3.63, 3.8) is 0 Å². The lowest BCUT2D eigenvalue weighted by molar-refractivity contribution is 0.438. The molecule has 0 N–H and O–H groups in total. The van der Waals surface area contributed by atoms with Crippen LogP contribution in [0.5, 0.6) is 11.5 Å². The van der Waals surface area contributed by atoms with E-state index in [9.17, 15) is 0 Å². The van der Waals surface area contributed by atoms with E-state index in [0.29, 0.717) is 11.8 Å². The van der Waals surface area contributed by atoms with Gasteiger partial charge in [-0.2, -0.15) is 0 Å². The molecule has 9 rings (SSSR count). The molecule has 0 radical (unpaired) electrons. The van der Waals surface area contributed by atoms with E-state index in [1.807, 2.05) is 24.3 Å². The second-order valence-electron chi connectivity index (χ2n) is 11.3. The summed E-state index contributed by atoms with van der Waals surface area (Å²) in [6.45, 7) is 0. The molecule has 2 heterocycles. The highest BCUT2D eigenvalue weighted by atomic mass is 16.5. The Morgan fingerprint density at radius 2 is 1.28 bits per heavy atom. The van der Waals surface area contributed by atoms with Crippen LogP contribution in [0.25, 0.3) is 33.7 Å². The fourth-order valence-electron chi connectivity index (χ4n) is 7.19. The Labute approximate surface area is 249 Å². The minimum atomic E-state index is -0.492. The van der Waals surface area contributed by atoms with E-state index in [2.05, 4.69) is 125 Å². The summed E-state index contributed by atoms with van der Waals surface area (Å²) in [5, 5.41) is 8.79. The van der Waals surface area contributed by atoms with Crippen LogP contribution in [0.1, 0.15) is 40.5 Å². The van der Waals surface area contributed by atoms with Gasteiger partial charge < -0.3 is 9.15 Å². The Bertz CT molecular complexity index is 2070. The topological polar surface area (TPSA) is 48.2 Å². The molecule has 1 aromatic heterocycles. The molecule has 1 atom stereocenters. The molecule has 204 valence electrons. The lowest BCUT2D eigenvalue weighted by Gasteiger charge is -2.40. The lowest BCUT2D eigenvalue weighted by Crippen LogP contribution is -2.32. The van der Waals surface area contributed by atoms with Crippen LogP contribution in [0, 0.1) is 0 Å². The van der Waals surface area contributed by atoms with Gasteiger partial charge in [0.25, 0.3) is 0 Å². The molecule has 0 fully saturated rings. The maximum Gasteiger partial charge on any atom is 0.247 e. The smallest absolute Gasteiger partial charge is 0.247 e. The quantitative estimate of drug-likeness (QED) is 0.218. The van der Waals surface area contributed by atoms with E-state index < -0.39 is 5.41 Å². The van der Waals surface area contributed by atoms with Crippen LogP contribution in [-0.2, 0) is 5.41 Å². The third kappa shape index (κ3) is 3.44. The van der Waals surface area contributed by atoms with Crippen molar-refractivity contribution in [2.24, 2.45) is 0 Å². The highest BCUT2D eigenvalue weighted by Crippen LogP contribution is 2.63. The molecule has 4 nitrogen and oxygen atoms in total. The minimum absolute atomic E-state index is 0.109. The summed E-state index contributed by atoms with van der Waals surface area (Å²) in [6, 6.07) is 40.9. The van der Waals surface area contributed by atoms with Gasteiger partial charge in [-0.05, 0) is 52.4 Å². The number of para-hydroxylation sites is 2. The highest BCUT2D eigenvalue weighted by Gasteiger charge is 2.51. The Balaban J connectivity index is 1.24. The molecule has 2 aliphatic carbocycles. The molecule has 4 heteroatoms. The average Bonchev–Trinajstić information content (AvgIpc) is 3.69. The molecule has 1 aliphatic heterocycles. The second kappa shape index (κ2) is 9.27. The van der Waals surface area contributed by atoms with Crippen molar-refractivity contribution in [2.75, 3.05) is 0 Å². The van der Waals surface area contributed by atoms with E-state index in [1.165, 1.54) is 22.3 Å². The zero-order valence-corrected chi connectivity index (χ0v) is 23.3. The van der Waals surface area contributed by atoms with Crippen LogP contribution < -0.4 is 4.74 Å². The van der Waals surface area contributed by atoms with Crippen LogP contribution in [0.2, 0.25) is 0 Å². The molecular weight excluding hydrogens is 528 g/mol. The van der Waals surface area contributed by atoms with Gasteiger partial charge in [0.05, 0.1) is 11.3 Å². The summed E-state index contributed by atoms with van der Waals surface area (Å²) in [6.07, 6.45) is 9.17. The summed E-state index contributed by atoms with van der Waals surface area (Å²) in [4.78, 5) is 0. The molecule has 43 heavy (non-hydrogen) atoms. The Kier molecular flexibility index (Phi) is 5.20. The van der Waals surface area contributed by atoms with Crippen LogP contribution in [0.4, 0.5) is 0 Å². The van der Waals surface area contributed by atoms with Crippen LogP contribution in [0.3, 0.4) is 0 Å². The molecule has 0 amide bonds. The van der Waals surface area contributed by atoms with Gasteiger partial charge >= 0.3 is 0 Å². The van der Waals surface area contributed by atoms with Crippen molar-refractivity contribution >= 4 is 0 Å². The maximum absolute atomic E-state index is 6.84. The number of benzene rings is 5. The number of fused-ring (bicyclic) bond motifs is 9. The zero-order chi connectivity index (χ0) is 28.4. The van der Waals surface area contributed by atoms with Crippen LogP contribution in [0.15, 0.2) is 144 Å². The largest absolute Gasteiger partial charge is 0.456 e. The number of hydrogen-bond donors (Lipinski definition) is 0. The van der Waals surface area contributed by atoms with Crippen LogP contribution in [-0.4, -0.2) is 10.2 Å². The first-order valence-electron chi connectivity index (χ1n) is 14.7. The van der Waals surface area contributed by atoms with Gasteiger partial charge in [0.2, 0.25) is 11.8 Å². The molecule has 0 bridgehead atoms. The van der Waals surface area contributed by atoms with Gasteiger partial charge in [-0.15, -0.1) is 10.2 Å². The lowest BCUT2D eigenvalue weighted by atomic mass is 9.65. The van der Waals surface area contributed by atoms with Gasteiger partial charge in [-0.25, -0.2) is 0 Å².